The third-order valence-electron chi connectivity index (χ3n) is 7.77. The minimum absolute atomic E-state index is 0.00375. The normalized spacial score (nSPS) is 19.6. The summed E-state index contributed by atoms with van der Waals surface area (Å²) in [4.78, 5) is 31.1. The summed E-state index contributed by atoms with van der Waals surface area (Å²) < 4.78 is 4.82. The van der Waals surface area contributed by atoms with Crippen molar-refractivity contribution in [2.75, 3.05) is 31.5 Å². The third kappa shape index (κ3) is 4.35. The fraction of sp³-hybridized carbons (Fsp3) is 0.345. The molecule has 36 heavy (non-hydrogen) atoms. The molecule has 1 aromatic heterocycles. The van der Waals surface area contributed by atoms with Crippen LogP contribution in [0.5, 0.6) is 0 Å². The zero-order chi connectivity index (χ0) is 24.5. The van der Waals surface area contributed by atoms with Crippen molar-refractivity contribution in [1.29, 1.82) is 0 Å². The number of benzene rings is 3. The minimum atomic E-state index is -0.0582. The van der Waals surface area contributed by atoms with Gasteiger partial charge in [0.25, 0.3) is 5.91 Å². The van der Waals surface area contributed by atoms with Crippen molar-refractivity contribution in [3.05, 3.63) is 72.5 Å². The van der Waals surface area contributed by atoms with Crippen LogP contribution in [0.15, 0.2) is 71.4 Å². The lowest BCUT2D eigenvalue weighted by atomic mass is 9.92. The van der Waals surface area contributed by atoms with Crippen LogP contribution in [0, 0.1) is 5.92 Å². The fourth-order valence-electron chi connectivity index (χ4n) is 5.89. The summed E-state index contributed by atoms with van der Waals surface area (Å²) in [6, 6.07) is 20.5. The Morgan fingerprint density at radius 3 is 2.25 bits per heavy atom. The lowest BCUT2D eigenvalue weighted by Gasteiger charge is -2.42. The molecule has 3 heterocycles. The molecular formula is C29H30N4O3. The van der Waals surface area contributed by atoms with Gasteiger partial charge in [-0.05, 0) is 59.8 Å². The summed E-state index contributed by atoms with van der Waals surface area (Å²) in [6.45, 7) is 3.21. The SMILES string of the molecule is O=C(Nc1ccon1)C1CCCN(C2CCN(C(=O)c3c4ccccc4cc4ccccc34)CC2)C1. The number of fused-ring (bicyclic) bond motifs is 2. The first-order chi connectivity index (χ1) is 17.7. The predicted octanol–water partition coefficient (Wildman–Crippen LogP) is 4.94. The first-order valence-electron chi connectivity index (χ1n) is 12.8. The molecule has 2 amide bonds. The van der Waals surface area contributed by atoms with E-state index in [1.165, 1.54) is 6.26 Å². The molecule has 4 aromatic rings. The van der Waals surface area contributed by atoms with Crippen LogP contribution >= 0.6 is 0 Å². The molecule has 0 radical (unpaired) electrons. The van der Waals surface area contributed by atoms with Gasteiger partial charge in [0.1, 0.15) is 6.26 Å². The molecule has 7 heteroatoms. The van der Waals surface area contributed by atoms with Crippen molar-refractivity contribution >= 4 is 39.2 Å². The summed E-state index contributed by atoms with van der Waals surface area (Å²) in [7, 11) is 0. The van der Waals surface area contributed by atoms with Crippen molar-refractivity contribution in [1.82, 2.24) is 15.0 Å². The molecule has 0 spiro atoms. The maximum atomic E-state index is 13.8. The number of hydrogen-bond acceptors (Lipinski definition) is 5. The van der Waals surface area contributed by atoms with Crippen LogP contribution in [-0.2, 0) is 4.79 Å². The smallest absolute Gasteiger partial charge is 0.255 e. The molecule has 0 bridgehead atoms. The second-order valence-corrected chi connectivity index (χ2v) is 9.93. The van der Waals surface area contributed by atoms with E-state index >= 15 is 0 Å². The minimum Gasteiger partial charge on any atom is -0.363 e. The van der Waals surface area contributed by atoms with E-state index in [1.54, 1.807) is 6.07 Å². The summed E-state index contributed by atoms with van der Waals surface area (Å²) in [5.74, 6) is 0.524. The second kappa shape index (κ2) is 9.74. The lowest BCUT2D eigenvalue weighted by Crippen LogP contribution is -2.51. The molecule has 2 fully saturated rings. The summed E-state index contributed by atoms with van der Waals surface area (Å²) >= 11 is 0. The Balaban J connectivity index is 1.15. The van der Waals surface area contributed by atoms with Crippen molar-refractivity contribution in [2.45, 2.75) is 31.7 Å². The molecule has 0 aliphatic carbocycles. The monoisotopic (exact) mass is 482 g/mol. The Kier molecular flexibility index (Phi) is 6.15. The maximum absolute atomic E-state index is 13.8. The Hall–Kier alpha value is -3.71. The van der Waals surface area contributed by atoms with Crippen molar-refractivity contribution < 1.29 is 14.1 Å². The first-order valence-corrected chi connectivity index (χ1v) is 12.8. The van der Waals surface area contributed by atoms with Gasteiger partial charge < -0.3 is 14.7 Å². The highest BCUT2D eigenvalue weighted by Gasteiger charge is 2.33. The molecule has 1 atom stereocenters. The van der Waals surface area contributed by atoms with Gasteiger partial charge in [-0.25, -0.2) is 0 Å². The Morgan fingerprint density at radius 2 is 1.58 bits per heavy atom. The molecule has 3 aromatic carbocycles. The molecule has 1 N–H and O–H groups in total. The van der Waals surface area contributed by atoms with Crippen molar-refractivity contribution in [3.8, 4) is 0 Å². The van der Waals surface area contributed by atoms with Crippen LogP contribution in [0.2, 0.25) is 0 Å². The average molecular weight is 483 g/mol. The van der Waals surface area contributed by atoms with E-state index in [0.717, 1.165) is 79.0 Å². The van der Waals surface area contributed by atoms with Crippen LogP contribution in [0.4, 0.5) is 5.82 Å². The number of anilines is 1. The van der Waals surface area contributed by atoms with Crippen LogP contribution < -0.4 is 5.32 Å². The van der Waals surface area contributed by atoms with Gasteiger partial charge >= 0.3 is 0 Å². The van der Waals surface area contributed by atoms with Crippen LogP contribution in [0.25, 0.3) is 21.5 Å². The number of hydrogen-bond donors (Lipinski definition) is 1. The van der Waals surface area contributed by atoms with Gasteiger partial charge in [-0.2, -0.15) is 0 Å². The summed E-state index contributed by atoms with van der Waals surface area (Å²) in [5.41, 5.74) is 0.810. The number of rotatable bonds is 4. The van der Waals surface area contributed by atoms with Gasteiger partial charge in [-0.1, -0.05) is 53.7 Å². The van der Waals surface area contributed by atoms with Gasteiger partial charge in [0.15, 0.2) is 5.82 Å². The largest absolute Gasteiger partial charge is 0.363 e. The van der Waals surface area contributed by atoms with Gasteiger partial charge in [0, 0.05) is 31.7 Å². The van der Waals surface area contributed by atoms with E-state index in [0.29, 0.717) is 11.9 Å². The number of aromatic nitrogens is 1. The molecule has 2 saturated heterocycles. The summed E-state index contributed by atoms with van der Waals surface area (Å²) in [6.07, 6.45) is 5.18. The molecule has 0 saturated carbocycles. The van der Waals surface area contributed by atoms with E-state index in [9.17, 15) is 9.59 Å². The fourth-order valence-corrected chi connectivity index (χ4v) is 5.89. The van der Waals surface area contributed by atoms with Gasteiger partial charge in [0.2, 0.25) is 5.91 Å². The van der Waals surface area contributed by atoms with Gasteiger partial charge in [-0.15, -0.1) is 0 Å². The Labute approximate surface area is 210 Å². The number of amides is 2. The molecule has 6 rings (SSSR count). The zero-order valence-electron chi connectivity index (χ0n) is 20.2. The van der Waals surface area contributed by atoms with Crippen molar-refractivity contribution in [3.63, 3.8) is 0 Å². The molecule has 1 unspecified atom stereocenters. The molecule has 2 aliphatic heterocycles. The van der Waals surface area contributed by atoms with E-state index in [2.05, 4.69) is 45.7 Å². The highest BCUT2D eigenvalue weighted by molar-refractivity contribution is 6.18. The van der Waals surface area contributed by atoms with Crippen LogP contribution in [-0.4, -0.2) is 59.0 Å². The molecular weight excluding hydrogens is 452 g/mol. The van der Waals surface area contributed by atoms with Crippen molar-refractivity contribution in [2.24, 2.45) is 5.92 Å². The highest BCUT2D eigenvalue weighted by Crippen LogP contribution is 2.31. The maximum Gasteiger partial charge on any atom is 0.255 e. The molecule has 7 nitrogen and oxygen atoms in total. The number of carbonyl (C=O) groups excluding carboxylic acids is 2. The molecule has 184 valence electrons. The lowest BCUT2D eigenvalue weighted by molar-refractivity contribution is -0.122. The van der Waals surface area contributed by atoms with E-state index in [4.69, 9.17) is 4.52 Å². The second-order valence-electron chi connectivity index (χ2n) is 9.93. The zero-order valence-corrected chi connectivity index (χ0v) is 20.2. The first kappa shape index (κ1) is 22.7. The van der Waals surface area contributed by atoms with Crippen LogP contribution in [0.3, 0.4) is 0 Å². The van der Waals surface area contributed by atoms with E-state index in [-0.39, 0.29) is 17.7 Å². The molecule has 2 aliphatic rings. The number of nitrogens with zero attached hydrogens (tertiary/aromatic N) is 3. The topological polar surface area (TPSA) is 78.7 Å². The number of likely N-dealkylation sites (tertiary alicyclic amines) is 2. The number of nitrogens with one attached hydrogen (secondary N) is 1. The summed E-state index contributed by atoms with van der Waals surface area (Å²) in [5, 5.41) is 10.9. The quantitative estimate of drug-likeness (QED) is 0.417. The average Bonchev–Trinajstić information content (AvgIpc) is 3.44. The van der Waals surface area contributed by atoms with Gasteiger partial charge in [0.05, 0.1) is 11.5 Å². The van der Waals surface area contributed by atoms with E-state index in [1.807, 2.05) is 29.2 Å². The van der Waals surface area contributed by atoms with E-state index < -0.39 is 0 Å². The number of carbonyl (C=O) groups is 2. The Morgan fingerprint density at radius 1 is 0.889 bits per heavy atom. The number of piperidine rings is 2. The standard InChI is InChI=1S/C29H30N4O3/c34-28(30-26-13-17-36-31-26)22-8-5-14-33(19-22)23-11-15-32(16-12-23)29(35)27-24-9-3-1-6-20(24)18-21-7-2-4-10-25(21)27/h1-4,6-7,9-10,13,17-18,22-23H,5,8,11-12,14-16,19H2,(H,30,31,34). The van der Waals surface area contributed by atoms with Crippen LogP contribution in [0.1, 0.15) is 36.0 Å². The van der Waals surface area contributed by atoms with Gasteiger partial charge in [-0.3, -0.25) is 14.5 Å². The highest BCUT2D eigenvalue weighted by atomic mass is 16.5. The third-order valence-corrected chi connectivity index (χ3v) is 7.77. The Bertz CT molecular complexity index is 1340. The predicted molar refractivity (Wildman–Crippen MR) is 140 cm³/mol.